The Labute approximate surface area is 113 Å². The Kier molecular flexibility index (Phi) is 2.68. The van der Waals surface area contributed by atoms with Crippen molar-refractivity contribution >= 4 is 28.7 Å². The second kappa shape index (κ2) is 4.37. The van der Waals surface area contributed by atoms with E-state index in [1.54, 1.807) is 29.2 Å². The molecule has 6 heteroatoms. The molecule has 0 atom stereocenters. The number of halogens is 1. The van der Waals surface area contributed by atoms with E-state index in [1.165, 1.54) is 12.1 Å². The van der Waals surface area contributed by atoms with Gasteiger partial charge in [0.1, 0.15) is 11.8 Å². The second-order valence-electron chi connectivity index (χ2n) is 3.93. The van der Waals surface area contributed by atoms with Crippen LogP contribution in [0.5, 0.6) is 0 Å². The molecular formula is C13H8ClN3O2. The fraction of sp³-hybridized carbons (Fsp3) is 0. The molecule has 0 saturated heterocycles. The fourth-order valence-electron chi connectivity index (χ4n) is 1.86. The molecule has 0 aliphatic rings. The van der Waals surface area contributed by atoms with E-state index >= 15 is 0 Å². The van der Waals surface area contributed by atoms with E-state index in [0.29, 0.717) is 16.4 Å². The Bertz CT molecular complexity index is 782. The summed E-state index contributed by atoms with van der Waals surface area (Å²) in [5.41, 5.74) is 2.06. The van der Waals surface area contributed by atoms with Gasteiger partial charge >= 0.3 is 5.97 Å². The van der Waals surface area contributed by atoms with Gasteiger partial charge in [0.25, 0.3) is 0 Å². The predicted octanol–water partition coefficient (Wildman–Crippen LogP) is 2.77. The van der Waals surface area contributed by atoms with Gasteiger partial charge in [-0.3, -0.25) is 4.57 Å². The molecule has 0 aliphatic heterocycles. The molecule has 94 valence electrons. The lowest BCUT2D eigenvalue weighted by atomic mass is 10.2. The fourth-order valence-corrected chi connectivity index (χ4v) is 2.06. The number of hydrogen-bond acceptors (Lipinski definition) is 3. The molecule has 0 spiro atoms. The zero-order valence-corrected chi connectivity index (χ0v) is 10.4. The van der Waals surface area contributed by atoms with Crippen molar-refractivity contribution in [1.29, 1.82) is 0 Å². The Balaban J connectivity index is 2.26. The number of imidazole rings is 1. The van der Waals surface area contributed by atoms with Crippen molar-refractivity contribution in [2.45, 2.75) is 0 Å². The van der Waals surface area contributed by atoms with Gasteiger partial charge in [-0.25, -0.2) is 14.8 Å². The molecule has 0 aliphatic carbocycles. The minimum Gasteiger partial charge on any atom is -0.478 e. The molecule has 0 bridgehead atoms. The number of pyridine rings is 1. The molecule has 0 amide bonds. The van der Waals surface area contributed by atoms with Crippen molar-refractivity contribution in [1.82, 2.24) is 14.5 Å². The number of carboxylic acid groups (broad SMARTS) is 1. The summed E-state index contributed by atoms with van der Waals surface area (Å²) in [5, 5.41) is 9.47. The average molecular weight is 274 g/mol. The Hall–Kier alpha value is -2.40. The van der Waals surface area contributed by atoms with E-state index in [-0.39, 0.29) is 5.56 Å². The molecule has 2 aromatic heterocycles. The molecular weight excluding hydrogens is 266 g/mol. The number of carboxylic acids is 1. The lowest BCUT2D eigenvalue weighted by molar-refractivity contribution is 0.0697. The van der Waals surface area contributed by atoms with Crippen molar-refractivity contribution in [2.24, 2.45) is 0 Å². The van der Waals surface area contributed by atoms with Gasteiger partial charge in [0.05, 0.1) is 16.3 Å². The minimum absolute atomic E-state index is 0.164. The summed E-state index contributed by atoms with van der Waals surface area (Å²) in [5.74, 6) is -1.00. The molecule has 3 rings (SSSR count). The van der Waals surface area contributed by atoms with Crippen LogP contribution in [-0.4, -0.2) is 25.6 Å². The van der Waals surface area contributed by atoms with E-state index in [0.717, 1.165) is 5.52 Å². The maximum Gasteiger partial charge on any atom is 0.335 e. The van der Waals surface area contributed by atoms with Gasteiger partial charge in [0, 0.05) is 6.20 Å². The number of fused-ring (bicyclic) bond motifs is 1. The number of hydrogen-bond donors (Lipinski definition) is 1. The highest BCUT2D eigenvalue weighted by atomic mass is 35.5. The van der Waals surface area contributed by atoms with Crippen LogP contribution in [0.4, 0.5) is 0 Å². The van der Waals surface area contributed by atoms with Gasteiger partial charge in [-0.15, -0.1) is 0 Å². The smallest absolute Gasteiger partial charge is 0.335 e. The third-order valence-electron chi connectivity index (χ3n) is 2.76. The number of rotatable bonds is 2. The lowest BCUT2D eigenvalue weighted by Crippen LogP contribution is -2.00. The van der Waals surface area contributed by atoms with Gasteiger partial charge in [-0.2, -0.15) is 0 Å². The average Bonchev–Trinajstić information content (AvgIpc) is 2.83. The van der Waals surface area contributed by atoms with Gasteiger partial charge in [0.15, 0.2) is 5.65 Å². The van der Waals surface area contributed by atoms with Crippen molar-refractivity contribution in [3.05, 3.63) is 53.4 Å². The predicted molar refractivity (Wildman–Crippen MR) is 70.8 cm³/mol. The molecule has 3 aromatic rings. The van der Waals surface area contributed by atoms with E-state index in [9.17, 15) is 4.79 Å². The summed E-state index contributed by atoms with van der Waals surface area (Å²) in [6.07, 6.45) is 3.22. The van der Waals surface area contributed by atoms with Crippen molar-refractivity contribution < 1.29 is 9.90 Å². The first kappa shape index (κ1) is 11.7. The van der Waals surface area contributed by atoms with Crippen LogP contribution in [0.2, 0.25) is 5.02 Å². The maximum absolute atomic E-state index is 11.0. The third kappa shape index (κ3) is 1.94. The standard InChI is InChI=1S/C13H8ClN3O2/c14-9-4-3-8(13(18)19)6-11(9)17-7-16-10-2-1-5-15-12(10)17/h1-7H,(H,18,19). The molecule has 1 N–H and O–H groups in total. The highest BCUT2D eigenvalue weighted by molar-refractivity contribution is 6.32. The molecule has 0 radical (unpaired) electrons. The zero-order chi connectivity index (χ0) is 13.4. The van der Waals surface area contributed by atoms with Gasteiger partial charge in [-0.05, 0) is 30.3 Å². The van der Waals surface area contributed by atoms with Crippen LogP contribution in [0.25, 0.3) is 16.9 Å². The number of nitrogens with zero attached hydrogens (tertiary/aromatic N) is 3. The van der Waals surface area contributed by atoms with Gasteiger partial charge < -0.3 is 5.11 Å². The summed E-state index contributed by atoms with van der Waals surface area (Å²) in [7, 11) is 0. The Morgan fingerprint density at radius 3 is 2.89 bits per heavy atom. The summed E-state index contributed by atoms with van der Waals surface area (Å²) in [6.45, 7) is 0. The van der Waals surface area contributed by atoms with E-state index in [4.69, 9.17) is 16.7 Å². The Morgan fingerprint density at radius 2 is 2.11 bits per heavy atom. The largest absolute Gasteiger partial charge is 0.478 e. The number of aromatic carboxylic acids is 1. The van der Waals surface area contributed by atoms with Crippen LogP contribution < -0.4 is 0 Å². The minimum atomic E-state index is -1.00. The van der Waals surface area contributed by atoms with E-state index < -0.39 is 5.97 Å². The van der Waals surface area contributed by atoms with Crippen LogP contribution in [0.1, 0.15) is 10.4 Å². The second-order valence-corrected chi connectivity index (χ2v) is 4.34. The number of aromatic nitrogens is 3. The van der Waals surface area contributed by atoms with Gasteiger partial charge in [0.2, 0.25) is 0 Å². The highest BCUT2D eigenvalue weighted by Gasteiger charge is 2.12. The quantitative estimate of drug-likeness (QED) is 0.779. The molecule has 19 heavy (non-hydrogen) atoms. The molecule has 0 saturated carbocycles. The molecule has 0 fully saturated rings. The van der Waals surface area contributed by atoms with Crippen LogP contribution in [0, 0.1) is 0 Å². The topological polar surface area (TPSA) is 68.0 Å². The summed E-state index contributed by atoms with van der Waals surface area (Å²) >= 11 is 6.12. The molecule has 5 nitrogen and oxygen atoms in total. The molecule has 0 unspecified atom stereocenters. The highest BCUT2D eigenvalue weighted by Crippen LogP contribution is 2.24. The molecule has 2 heterocycles. The van der Waals surface area contributed by atoms with Crippen LogP contribution in [0.3, 0.4) is 0 Å². The molecule has 1 aromatic carbocycles. The summed E-state index contributed by atoms with van der Waals surface area (Å²) in [4.78, 5) is 19.4. The normalized spacial score (nSPS) is 10.8. The van der Waals surface area contributed by atoms with Crippen LogP contribution in [0.15, 0.2) is 42.9 Å². The number of carbonyl (C=O) groups is 1. The Morgan fingerprint density at radius 1 is 1.26 bits per heavy atom. The zero-order valence-electron chi connectivity index (χ0n) is 9.62. The van der Waals surface area contributed by atoms with Crippen molar-refractivity contribution in [2.75, 3.05) is 0 Å². The third-order valence-corrected chi connectivity index (χ3v) is 3.08. The summed E-state index contributed by atoms with van der Waals surface area (Å²) < 4.78 is 1.67. The monoisotopic (exact) mass is 273 g/mol. The number of benzene rings is 1. The first-order chi connectivity index (χ1) is 9.16. The van der Waals surface area contributed by atoms with Crippen molar-refractivity contribution in [3.63, 3.8) is 0 Å². The first-order valence-electron chi connectivity index (χ1n) is 5.48. The maximum atomic E-state index is 11.0. The van der Waals surface area contributed by atoms with Crippen molar-refractivity contribution in [3.8, 4) is 5.69 Å². The van der Waals surface area contributed by atoms with Gasteiger partial charge in [-0.1, -0.05) is 11.6 Å². The SMILES string of the molecule is O=C(O)c1ccc(Cl)c(-n2cnc3cccnc32)c1. The van der Waals surface area contributed by atoms with E-state index in [2.05, 4.69) is 9.97 Å². The summed E-state index contributed by atoms with van der Waals surface area (Å²) in [6, 6.07) is 8.12. The first-order valence-corrected chi connectivity index (χ1v) is 5.86. The van der Waals surface area contributed by atoms with E-state index in [1.807, 2.05) is 6.07 Å². The lowest BCUT2D eigenvalue weighted by Gasteiger charge is -2.07. The van der Waals surface area contributed by atoms with Crippen LogP contribution >= 0.6 is 11.6 Å². The van der Waals surface area contributed by atoms with Crippen LogP contribution in [-0.2, 0) is 0 Å².